The summed E-state index contributed by atoms with van der Waals surface area (Å²) in [6.45, 7) is 2.46. The summed E-state index contributed by atoms with van der Waals surface area (Å²) in [6.07, 6.45) is 2.95. The van der Waals surface area contributed by atoms with Gasteiger partial charge in [0.15, 0.2) is 11.4 Å². The summed E-state index contributed by atoms with van der Waals surface area (Å²) in [5, 5.41) is 12.4. The van der Waals surface area contributed by atoms with E-state index in [0.717, 1.165) is 5.56 Å². The van der Waals surface area contributed by atoms with Crippen LogP contribution in [0.15, 0.2) is 67.3 Å². The highest BCUT2D eigenvalue weighted by Gasteiger charge is 2.31. The number of aromatic nitrogens is 4. The molecule has 0 radical (unpaired) electrons. The molecule has 5 aromatic rings. The summed E-state index contributed by atoms with van der Waals surface area (Å²) in [5.74, 6) is 0.166. The largest absolute Gasteiger partial charge is 0.497 e. The molecule has 0 fully saturated rings. The highest BCUT2D eigenvalue weighted by molar-refractivity contribution is 6.00. The summed E-state index contributed by atoms with van der Waals surface area (Å²) < 4.78 is 29.5. The molecule has 2 amide bonds. The van der Waals surface area contributed by atoms with Crippen LogP contribution >= 0.6 is 0 Å². The molecular formula is C37H36N6O10. The molecule has 2 aromatic heterocycles. The second-order valence-corrected chi connectivity index (χ2v) is 11.6. The molecule has 0 saturated carbocycles. The van der Waals surface area contributed by atoms with E-state index < -0.39 is 11.9 Å². The maximum atomic E-state index is 13.5. The highest BCUT2D eigenvalue weighted by Crippen LogP contribution is 2.32. The fourth-order valence-electron chi connectivity index (χ4n) is 6.09. The number of imidazole rings is 2. The van der Waals surface area contributed by atoms with Gasteiger partial charge in [0.2, 0.25) is 0 Å². The minimum Gasteiger partial charge on any atom is -0.497 e. The molecule has 0 unspecified atom stereocenters. The minimum absolute atomic E-state index is 0.0621. The number of amides is 2. The van der Waals surface area contributed by atoms with Crippen molar-refractivity contribution >= 4 is 23.8 Å². The molecule has 53 heavy (non-hydrogen) atoms. The van der Waals surface area contributed by atoms with Gasteiger partial charge in [0.1, 0.15) is 35.7 Å². The first-order valence-electron chi connectivity index (χ1n) is 16.3. The minimum atomic E-state index is -1.15. The van der Waals surface area contributed by atoms with Crippen molar-refractivity contribution in [1.82, 2.24) is 29.3 Å². The Bertz CT molecular complexity index is 2230. The SMILES string of the molecule is CCOC(=O)c1ncn2c1CNC(=O)c1cc(OC)ccc1-2.COc1ccc(CN2Cc3c(C(=O)O)ncn3-c3ccc(OC)cc3C2=O)c(OC)c1. The fourth-order valence-corrected chi connectivity index (χ4v) is 6.09. The Balaban J connectivity index is 0.000000192. The molecule has 7 rings (SSSR count). The lowest BCUT2D eigenvalue weighted by Gasteiger charge is -2.22. The number of nitrogens with one attached hydrogen (secondary N) is 1. The molecule has 0 spiro atoms. The fraction of sp³-hybridized carbons (Fsp3) is 0.243. The summed E-state index contributed by atoms with van der Waals surface area (Å²) >= 11 is 0. The number of benzene rings is 3. The van der Waals surface area contributed by atoms with Crippen LogP contribution in [0, 0.1) is 0 Å². The molecule has 0 bridgehead atoms. The maximum Gasteiger partial charge on any atom is 0.358 e. The molecule has 4 heterocycles. The topological polar surface area (TPSA) is 186 Å². The second kappa shape index (κ2) is 15.2. The number of nitrogens with zero attached hydrogens (tertiary/aromatic N) is 5. The number of esters is 1. The Hall–Kier alpha value is -6.84. The van der Waals surface area contributed by atoms with Crippen molar-refractivity contribution in [3.8, 4) is 34.4 Å². The second-order valence-electron chi connectivity index (χ2n) is 11.6. The molecule has 0 saturated heterocycles. The van der Waals surface area contributed by atoms with E-state index in [1.165, 1.54) is 26.9 Å². The van der Waals surface area contributed by atoms with Crippen LogP contribution in [0.3, 0.4) is 0 Å². The summed E-state index contributed by atoms with van der Waals surface area (Å²) in [7, 11) is 6.16. The van der Waals surface area contributed by atoms with Crippen LogP contribution in [0.1, 0.15) is 65.6 Å². The van der Waals surface area contributed by atoms with Gasteiger partial charge in [-0.05, 0) is 55.5 Å². The van der Waals surface area contributed by atoms with Gasteiger partial charge in [-0.15, -0.1) is 0 Å². The zero-order valence-electron chi connectivity index (χ0n) is 29.5. The molecule has 2 N–H and O–H groups in total. The number of methoxy groups -OCH3 is 4. The standard InChI is InChI=1S/C22H21N3O6.C15H15N3O4/c1-29-14-6-7-17-16(8-14)21(26)24(11-18-20(22(27)28)23-12-25(17)18)10-13-4-5-15(30-2)9-19(13)31-3;1-3-22-15(20)13-12-7-16-14(19)10-6-9(21-2)4-5-11(10)18(12)8-17-13/h4-9,12H,10-11H2,1-3H3,(H,27,28);4-6,8H,3,7H2,1-2H3,(H,16,19). The number of hydrogen-bond donors (Lipinski definition) is 2. The number of hydrogen-bond acceptors (Lipinski definition) is 11. The van der Waals surface area contributed by atoms with Gasteiger partial charge in [-0.1, -0.05) is 0 Å². The zero-order valence-corrected chi connectivity index (χ0v) is 29.5. The van der Waals surface area contributed by atoms with Gasteiger partial charge >= 0.3 is 11.9 Å². The Labute approximate surface area is 303 Å². The normalized spacial score (nSPS) is 12.7. The highest BCUT2D eigenvalue weighted by atomic mass is 16.5. The van der Waals surface area contributed by atoms with E-state index in [1.54, 1.807) is 83.7 Å². The Kier molecular flexibility index (Phi) is 10.3. The van der Waals surface area contributed by atoms with Crippen molar-refractivity contribution in [2.24, 2.45) is 0 Å². The quantitative estimate of drug-likeness (QED) is 0.208. The molecule has 2 aliphatic rings. The number of rotatable bonds is 9. The zero-order chi connectivity index (χ0) is 37.8. The van der Waals surface area contributed by atoms with E-state index in [1.807, 2.05) is 6.07 Å². The van der Waals surface area contributed by atoms with Crippen molar-refractivity contribution in [2.45, 2.75) is 26.6 Å². The number of ether oxygens (including phenoxy) is 5. The first-order chi connectivity index (χ1) is 25.6. The van der Waals surface area contributed by atoms with E-state index in [4.69, 9.17) is 23.7 Å². The van der Waals surface area contributed by atoms with Crippen molar-refractivity contribution in [1.29, 1.82) is 0 Å². The number of carboxylic acid groups (broad SMARTS) is 1. The number of carboxylic acids is 1. The van der Waals surface area contributed by atoms with Crippen molar-refractivity contribution < 1.29 is 48.0 Å². The van der Waals surface area contributed by atoms with Crippen LogP contribution in [0.5, 0.6) is 23.0 Å². The molecule has 16 heteroatoms. The van der Waals surface area contributed by atoms with E-state index in [-0.39, 0.29) is 49.4 Å². The smallest absolute Gasteiger partial charge is 0.358 e. The third-order valence-corrected chi connectivity index (χ3v) is 8.71. The molecular weight excluding hydrogens is 688 g/mol. The van der Waals surface area contributed by atoms with E-state index in [2.05, 4.69) is 15.3 Å². The van der Waals surface area contributed by atoms with Crippen LogP contribution in [0.2, 0.25) is 0 Å². The van der Waals surface area contributed by atoms with Gasteiger partial charge in [-0.25, -0.2) is 19.6 Å². The summed E-state index contributed by atoms with van der Waals surface area (Å²) in [4.78, 5) is 59.2. The first-order valence-corrected chi connectivity index (χ1v) is 16.3. The van der Waals surface area contributed by atoms with Crippen LogP contribution < -0.4 is 24.3 Å². The number of carbonyl (C=O) groups excluding carboxylic acids is 3. The van der Waals surface area contributed by atoms with E-state index >= 15 is 0 Å². The monoisotopic (exact) mass is 724 g/mol. The van der Waals surface area contributed by atoms with Crippen molar-refractivity contribution in [2.75, 3.05) is 35.0 Å². The molecule has 2 aliphatic heterocycles. The van der Waals surface area contributed by atoms with Crippen LogP contribution in [-0.4, -0.2) is 87.9 Å². The van der Waals surface area contributed by atoms with Gasteiger partial charge in [0.05, 0.1) is 88.6 Å². The van der Waals surface area contributed by atoms with Crippen molar-refractivity contribution in [3.63, 3.8) is 0 Å². The third kappa shape index (κ3) is 6.93. The van der Waals surface area contributed by atoms with Crippen LogP contribution in [0.25, 0.3) is 11.4 Å². The third-order valence-electron chi connectivity index (χ3n) is 8.71. The molecule has 0 aliphatic carbocycles. The Morgan fingerprint density at radius 1 is 0.774 bits per heavy atom. The lowest BCUT2D eigenvalue weighted by atomic mass is 10.1. The van der Waals surface area contributed by atoms with Crippen molar-refractivity contribution in [3.05, 3.63) is 107 Å². The number of carbonyl (C=O) groups is 4. The van der Waals surface area contributed by atoms with Crippen LogP contribution in [0.4, 0.5) is 0 Å². The van der Waals surface area contributed by atoms with Gasteiger partial charge < -0.3 is 39.0 Å². The van der Waals surface area contributed by atoms with Gasteiger partial charge in [0, 0.05) is 11.6 Å². The van der Waals surface area contributed by atoms with Gasteiger partial charge in [0.25, 0.3) is 11.8 Å². The van der Waals surface area contributed by atoms with Crippen LogP contribution in [-0.2, 0) is 24.4 Å². The number of aromatic carboxylic acids is 1. The lowest BCUT2D eigenvalue weighted by Crippen LogP contribution is -2.30. The molecule has 16 nitrogen and oxygen atoms in total. The maximum absolute atomic E-state index is 13.5. The predicted molar refractivity (Wildman–Crippen MR) is 187 cm³/mol. The van der Waals surface area contributed by atoms with Gasteiger partial charge in [-0.3, -0.25) is 18.7 Å². The summed E-state index contributed by atoms with van der Waals surface area (Å²) in [6, 6.07) is 15.6. The molecule has 274 valence electrons. The Morgan fingerprint density at radius 2 is 1.36 bits per heavy atom. The molecule has 0 atom stereocenters. The average molecular weight is 725 g/mol. The predicted octanol–water partition coefficient (Wildman–Crippen LogP) is 4.05. The molecule has 3 aromatic carbocycles. The van der Waals surface area contributed by atoms with Gasteiger partial charge in [-0.2, -0.15) is 0 Å². The Morgan fingerprint density at radius 3 is 1.98 bits per heavy atom. The number of fused-ring (bicyclic) bond motifs is 6. The van der Waals surface area contributed by atoms with E-state index in [9.17, 15) is 24.3 Å². The first kappa shape index (κ1) is 36.0. The average Bonchev–Trinajstić information content (AvgIpc) is 3.75. The lowest BCUT2D eigenvalue weighted by molar-refractivity contribution is 0.0517. The summed E-state index contributed by atoms with van der Waals surface area (Å²) in [5.41, 5.74) is 3.93. The van der Waals surface area contributed by atoms with E-state index in [0.29, 0.717) is 56.9 Å².